The summed E-state index contributed by atoms with van der Waals surface area (Å²) < 4.78 is 0. The Morgan fingerprint density at radius 3 is 2.44 bits per heavy atom. The van der Waals surface area contributed by atoms with Crippen LogP contribution in [0.5, 0.6) is 0 Å². The average molecular weight is 223 g/mol. The number of carbonyl (C=O) groups excluding carboxylic acids is 1. The Balaban J connectivity index is 0.00000106. The van der Waals surface area contributed by atoms with Gasteiger partial charge in [0.2, 0.25) is 0 Å². The summed E-state index contributed by atoms with van der Waals surface area (Å²) in [5.74, 6) is 0.0820. The molecule has 1 rings (SSSR count). The van der Waals surface area contributed by atoms with Crippen LogP contribution in [-0.4, -0.2) is 10.9 Å². The molecule has 0 aromatic heterocycles. The van der Waals surface area contributed by atoms with Gasteiger partial charge in [0.15, 0.2) is 0 Å². The highest BCUT2D eigenvalue weighted by Gasteiger charge is 2.10. The molecule has 0 radical (unpaired) electrons. The van der Waals surface area contributed by atoms with E-state index in [0.29, 0.717) is 24.1 Å². The van der Waals surface area contributed by atoms with Gasteiger partial charge in [-0.15, -0.1) is 0 Å². The Morgan fingerprint density at radius 1 is 1.38 bits per heavy atom. The lowest BCUT2D eigenvalue weighted by Gasteiger charge is -2.11. The second-order valence-corrected chi connectivity index (χ2v) is 3.39. The first-order chi connectivity index (χ1) is 7.61. The van der Waals surface area contributed by atoms with E-state index in [1.807, 2.05) is 26.0 Å². The van der Waals surface area contributed by atoms with Crippen LogP contribution < -0.4 is 5.73 Å². The lowest BCUT2D eigenvalue weighted by atomic mass is 10.0. The second-order valence-electron chi connectivity index (χ2n) is 3.39. The minimum atomic E-state index is -0.639. The van der Waals surface area contributed by atoms with Crippen molar-refractivity contribution in [2.45, 2.75) is 39.7 Å². The average Bonchev–Trinajstić information content (AvgIpc) is 2.29. The first-order valence-electron chi connectivity index (χ1n) is 5.63. The van der Waals surface area contributed by atoms with Crippen LogP contribution >= 0.6 is 0 Å². The van der Waals surface area contributed by atoms with E-state index in [-0.39, 0.29) is 5.78 Å². The van der Waals surface area contributed by atoms with Gasteiger partial charge in [-0.2, -0.15) is 0 Å². The summed E-state index contributed by atoms with van der Waals surface area (Å²) in [4.78, 5) is 10.7. The number of carbonyl (C=O) groups is 1. The molecule has 0 aliphatic heterocycles. The fourth-order valence-electron chi connectivity index (χ4n) is 1.31. The Morgan fingerprint density at radius 2 is 1.94 bits per heavy atom. The monoisotopic (exact) mass is 223 g/mol. The van der Waals surface area contributed by atoms with Gasteiger partial charge in [-0.3, -0.25) is 0 Å². The fourth-order valence-corrected chi connectivity index (χ4v) is 1.31. The summed E-state index contributed by atoms with van der Waals surface area (Å²) in [6.07, 6.45) is 0.180. The van der Waals surface area contributed by atoms with Crippen molar-refractivity contribution in [2.24, 2.45) is 0 Å². The number of Topliss-reactive ketones (excluding diaryl/α,β-unsaturated/α-hetero) is 1. The van der Waals surface area contributed by atoms with Crippen molar-refractivity contribution in [3.8, 4) is 0 Å². The molecule has 90 valence electrons. The Labute approximate surface area is 97.3 Å². The summed E-state index contributed by atoms with van der Waals surface area (Å²) >= 11 is 0. The van der Waals surface area contributed by atoms with E-state index >= 15 is 0 Å². The molecule has 16 heavy (non-hydrogen) atoms. The van der Waals surface area contributed by atoms with Crippen molar-refractivity contribution in [2.75, 3.05) is 5.73 Å². The molecule has 0 heterocycles. The highest BCUT2D eigenvalue weighted by molar-refractivity contribution is 5.75. The van der Waals surface area contributed by atoms with Crippen LogP contribution in [-0.2, 0) is 4.79 Å². The number of benzene rings is 1. The van der Waals surface area contributed by atoms with Gasteiger partial charge in [0.25, 0.3) is 0 Å². The third kappa shape index (κ3) is 4.94. The van der Waals surface area contributed by atoms with E-state index in [4.69, 9.17) is 5.73 Å². The van der Waals surface area contributed by atoms with Crippen LogP contribution in [0.15, 0.2) is 24.3 Å². The molecule has 0 aliphatic rings. The van der Waals surface area contributed by atoms with Gasteiger partial charge in [0, 0.05) is 17.7 Å². The molecule has 1 unspecified atom stereocenters. The topological polar surface area (TPSA) is 63.3 Å². The van der Waals surface area contributed by atoms with Crippen LogP contribution in [0, 0.1) is 0 Å². The highest BCUT2D eigenvalue weighted by Crippen LogP contribution is 2.23. The maximum absolute atomic E-state index is 10.7. The van der Waals surface area contributed by atoms with E-state index in [9.17, 15) is 9.90 Å². The number of aliphatic hydroxyl groups is 1. The van der Waals surface area contributed by atoms with Gasteiger partial charge in [0.1, 0.15) is 5.78 Å². The molecule has 0 bridgehead atoms. The number of ketones is 1. The summed E-state index contributed by atoms with van der Waals surface area (Å²) in [6.45, 7) is 5.51. The predicted octanol–water partition coefficient (Wildman–Crippen LogP) is 2.70. The largest absolute Gasteiger partial charge is 0.398 e. The smallest absolute Gasteiger partial charge is 0.129 e. The zero-order valence-electron chi connectivity index (χ0n) is 10.2. The van der Waals surface area contributed by atoms with Gasteiger partial charge >= 0.3 is 0 Å². The normalized spacial score (nSPS) is 11.2. The number of rotatable bonds is 4. The van der Waals surface area contributed by atoms with Crippen LogP contribution in [0.2, 0.25) is 0 Å². The molecular weight excluding hydrogens is 202 g/mol. The number of hydrogen-bond acceptors (Lipinski definition) is 3. The molecule has 0 saturated heterocycles. The summed E-state index contributed by atoms with van der Waals surface area (Å²) in [7, 11) is 0. The van der Waals surface area contributed by atoms with Crippen molar-refractivity contribution in [1.82, 2.24) is 0 Å². The first-order valence-corrected chi connectivity index (χ1v) is 5.63. The third-order valence-electron chi connectivity index (χ3n) is 2.12. The first kappa shape index (κ1) is 14.6. The Bertz CT molecular complexity index is 323. The number of nitrogens with two attached hydrogens (primary N) is 1. The van der Waals surface area contributed by atoms with Crippen molar-refractivity contribution < 1.29 is 9.90 Å². The summed E-state index contributed by atoms with van der Waals surface area (Å²) in [5, 5.41) is 9.72. The van der Waals surface area contributed by atoms with E-state index in [1.165, 1.54) is 6.92 Å². The summed E-state index contributed by atoms with van der Waals surface area (Å²) in [6, 6.07) is 7.16. The Hall–Kier alpha value is -1.35. The standard InChI is InChI=1S/C11H15NO2.C2H6/c1-8(13)6-7-11(14)9-4-2-3-5-10(9)12;1-2/h2-5,11,14H,6-7,12H2,1H3;1-2H3. The molecule has 1 aromatic rings. The number of nitrogen functional groups attached to an aromatic ring is 1. The van der Waals surface area contributed by atoms with Crippen LogP contribution in [0.1, 0.15) is 45.3 Å². The Kier molecular flexibility index (Phi) is 7.21. The van der Waals surface area contributed by atoms with Crippen molar-refractivity contribution in [3.63, 3.8) is 0 Å². The van der Waals surface area contributed by atoms with Gasteiger partial charge in [0.05, 0.1) is 6.10 Å². The molecule has 0 saturated carbocycles. The molecule has 1 atom stereocenters. The van der Waals surface area contributed by atoms with Gasteiger partial charge in [-0.25, -0.2) is 0 Å². The SMILES string of the molecule is CC.CC(=O)CCC(O)c1ccccc1N. The maximum Gasteiger partial charge on any atom is 0.129 e. The van der Waals surface area contributed by atoms with Gasteiger partial charge < -0.3 is 15.6 Å². The quantitative estimate of drug-likeness (QED) is 0.771. The fraction of sp³-hybridized carbons (Fsp3) is 0.462. The van der Waals surface area contributed by atoms with E-state index in [0.717, 1.165) is 0 Å². The van der Waals surface area contributed by atoms with Crippen LogP contribution in [0.4, 0.5) is 5.69 Å². The number of para-hydroxylation sites is 1. The summed E-state index contributed by atoms with van der Waals surface area (Å²) in [5.41, 5.74) is 6.96. The number of anilines is 1. The zero-order valence-corrected chi connectivity index (χ0v) is 10.2. The van der Waals surface area contributed by atoms with Crippen molar-refractivity contribution in [1.29, 1.82) is 0 Å². The molecule has 3 nitrogen and oxygen atoms in total. The third-order valence-corrected chi connectivity index (χ3v) is 2.12. The molecule has 1 aromatic carbocycles. The molecule has 0 aliphatic carbocycles. The highest BCUT2D eigenvalue weighted by atomic mass is 16.3. The molecular formula is C13H21NO2. The predicted molar refractivity (Wildman–Crippen MR) is 67.1 cm³/mol. The van der Waals surface area contributed by atoms with Crippen molar-refractivity contribution >= 4 is 11.5 Å². The maximum atomic E-state index is 10.7. The minimum Gasteiger partial charge on any atom is -0.398 e. The number of hydrogen-bond donors (Lipinski definition) is 2. The van der Waals surface area contributed by atoms with Crippen LogP contribution in [0.3, 0.4) is 0 Å². The van der Waals surface area contributed by atoms with Crippen molar-refractivity contribution in [3.05, 3.63) is 29.8 Å². The number of aliphatic hydroxyl groups excluding tert-OH is 1. The minimum absolute atomic E-state index is 0.0820. The van der Waals surface area contributed by atoms with E-state index < -0.39 is 6.10 Å². The van der Waals surface area contributed by atoms with Crippen LogP contribution in [0.25, 0.3) is 0 Å². The van der Waals surface area contributed by atoms with E-state index in [1.54, 1.807) is 12.1 Å². The molecule has 3 heteroatoms. The molecule has 0 fully saturated rings. The molecule has 3 N–H and O–H groups in total. The van der Waals surface area contributed by atoms with Gasteiger partial charge in [-0.1, -0.05) is 32.0 Å². The second kappa shape index (κ2) is 7.88. The lowest BCUT2D eigenvalue weighted by Crippen LogP contribution is -2.03. The van der Waals surface area contributed by atoms with E-state index in [2.05, 4.69) is 0 Å². The lowest BCUT2D eigenvalue weighted by molar-refractivity contribution is -0.117. The molecule has 0 amide bonds. The molecule has 0 spiro atoms. The zero-order chi connectivity index (χ0) is 12.6. The van der Waals surface area contributed by atoms with Gasteiger partial charge in [-0.05, 0) is 19.4 Å².